The van der Waals surface area contributed by atoms with E-state index in [2.05, 4.69) is 22.4 Å². The largest absolute Gasteiger partial charge is 0.353 e. The number of nitrogen functional groups attached to an aromatic ring is 1. The number of nitrogens with one attached hydrogen (secondary N) is 1. The molecule has 20 heavy (non-hydrogen) atoms. The molecule has 0 aromatic carbocycles. The van der Waals surface area contributed by atoms with Gasteiger partial charge in [-0.3, -0.25) is 4.79 Å². The van der Waals surface area contributed by atoms with Gasteiger partial charge in [-0.2, -0.15) is 0 Å². The molecule has 0 unspecified atom stereocenters. The van der Waals surface area contributed by atoms with Crippen LogP contribution in [0.5, 0.6) is 0 Å². The summed E-state index contributed by atoms with van der Waals surface area (Å²) in [5.41, 5.74) is 0. The van der Waals surface area contributed by atoms with Gasteiger partial charge in [0.2, 0.25) is 11.1 Å². The molecule has 6 nitrogen and oxygen atoms in total. The summed E-state index contributed by atoms with van der Waals surface area (Å²) < 4.78 is 1.49. The Hall–Kier alpha value is -1.24. The smallest absolute Gasteiger partial charge is 0.230 e. The molecule has 0 bridgehead atoms. The molecule has 7 heteroatoms. The van der Waals surface area contributed by atoms with E-state index in [0.29, 0.717) is 17.0 Å². The number of nitrogens with two attached hydrogens (primary N) is 1. The van der Waals surface area contributed by atoms with Crippen LogP contribution in [0.3, 0.4) is 0 Å². The Bertz CT molecular complexity index is 442. The van der Waals surface area contributed by atoms with E-state index in [0.717, 1.165) is 31.5 Å². The highest BCUT2D eigenvalue weighted by Gasteiger charge is 2.17. The minimum atomic E-state index is 0.0574. The number of thioether (sulfide) groups is 1. The molecule has 3 N–H and O–H groups in total. The van der Waals surface area contributed by atoms with E-state index in [9.17, 15) is 4.79 Å². The van der Waals surface area contributed by atoms with Crippen molar-refractivity contribution in [3.8, 4) is 0 Å². The van der Waals surface area contributed by atoms with Crippen LogP contribution in [0.1, 0.15) is 51.3 Å². The summed E-state index contributed by atoms with van der Waals surface area (Å²) >= 11 is 1.34. The summed E-state index contributed by atoms with van der Waals surface area (Å²) in [4.78, 5) is 11.9. The molecule has 0 spiro atoms. The van der Waals surface area contributed by atoms with Gasteiger partial charge in [-0.1, -0.05) is 37.9 Å². The monoisotopic (exact) mass is 297 g/mol. The van der Waals surface area contributed by atoms with E-state index >= 15 is 0 Å². The fourth-order valence-corrected chi connectivity index (χ4v) is 3.13. The molecule has 1 saturated carbocycles. The van der Waals surface area contributed by atoms with Crippen LogP contribution in [0.4, 0.5) is 0 Å². The van der Waals surface area contributed by atoms with Gasteiger partial charge >= 0.3 is 0 Å². The molecule has 112 valence electrons. The minimum Gasteiger partial charge on any atom is -0.353 e. The number of nitrogens with zero attached hydrogens (tertiary/aromatic N) is 3. The normalized spacial score (nSPS) is 16.2. The molecule has 1 aromatic heterocycles. The zero-order chi connectivity index (χ0) is 14.4. The minimum absolute atomic E-state index is 0.0574. The van der Waals surface area contributed by atoms with Crippen LogP contribution in [-0.2, 0) is 11.2 Å². The Balaban J connectivity index is 1.77. The standard InChI is InChI=1S/C13H23N5OS/c1-2-6-11-16-17-13(18(11)14)20-9-12(19)15-10-7-4-3-5-8-10/h10H,2-9,14H2,1H3,(H,15,19). The van der Waals surface area contributed by atoms with Crippen LogP contribution in [-0.4, -0.2) is 32.6 Å². The van der Waals surface area contributed by atoms with Gasteiger partial charge in [-0.05, 0) is 19.3 Å². The Labute approximate surface area is 123 Å². The van der Waals surface area contributed by atoms with Gasteiger partial charge in [0, 0.05) is 12.5 Å². The maximum Gasteiger partial charge on any atom is 0.230 e. The molecule has 0 atom stereocenters. The lowest BCUT2D eigenvalue weighted by Crippen LogP contribution is -2.37. The second-order valence-electron chi connectivity index (χ2n) is 5.21. The molecule has 0 saturated heterocycles. The summed E-state index contributed by atoms with van der Waals surface area (Å²) in [6.07, 6.45) is 7.71. The first-order chi connectivity index (χ1) is 9.70. The summed E-state index contributed by atoms with van der Waals surface area (Å²) in [7, 11) is 0. The number of amides is 1. The van der Waals surface area contributed by atoms with Gasteiger partial charge in [0.1, 0.15) is 0 Å². The zero-order valence-corrected chi connectivity index (χ0v) is 12.8. The van der Waals surface area contributed by atoms with Crippen LogP contribution in [0.2, 0.25) is 0 Å². The molecule has 0 radical (unpaired) electrons. The SMILES string of the molecule is CCCc1nnc(SCC(=O)NC2CCCCC2)n1N. The average Bonchev–Trinajstić information content (AvgIpc) is 2.79. The lowest BCUT2D eigenvalue weighted by Gasteiger charge is -2.22. The van der Waals surface area contributed by atoms with E-state index in [1.807, 2.05) is 0 Å². The number of rotatable bonds is 6. The van der Waals surface area contributed by atoms with Crippen molar-refractivity contribution in [3.05, 3.63) is 5.82 Å². The average molecular weight is 297 g/mol. The molecular formula is C13H23N5OS. The predicted octanol–water partition coefficient (Wildman–Crippen LogP) is 1.49. The van der Waals surface area contributed by atoms with Gasteiger partial charge in [-0.15, -0.1) is 10.2 Å². The van der Waals surface area contributed by atoms with Gasteiger partial charge in [0.05, 0.1) is 5.75 Å². The molecule has 1 heterocycles. The van der Waals surface area contributed by atoms with Crippen LogP contribution >= 0.6 is 11.8 Å². The first kappa shape index (κ1) is 15.2. The highest BCUT2D eigenvalue weighted by Crippen LogP contribution is 2.18. The molecule has 1 amide bonds. The predicted molar refractivity (Wildman–Crippen MR) is 79.9 cm³/mol. The summed E-state index contributed by atoms with van der Waals surface area (Å²) in [6.45, 7) is 2.07. The quantitative estimate of drug-likeness (QED) is 0.613. The van der Waals surface area contributed by atoms with Gasteiger partial charge in [0.15, 0.2) is 5.82 Å². The first-order valence-electron chi connectivity index (χ1n) is 7.32. The molecule has 1 aromatic rings. The number of carbonyl (C=O) groups excluding carboxylic acids is 1. The van der Waals surface area contributed by atoms with E-state index < -0.39 is 0 Å². The lowest BCUT2D eigenvalue weighted by molar-refractivity contribution is -0.119. The fourth-order valence-electron chi connectivity index (χ4n) is 2.45. The summed E-state index contributed by atoms with van der Waals surface area (Å²) in [6, 6.07) is 0.350. The first-order valence-corrected chi connectivity index (χ1v) is 8.30. The van der Waals surface area contributed by atoms with Crippen molar-refractivity contribution in [2.24, 2.45) is 0 Å². The van der Waals surface area contributed by atoms with E-state index in [1.165, 1.54) is 35.7 Å². The Morgan fingerprint density at radius 1 is 1.40 bits per heavy atom. The van der Waals surface area contributed by atoms with Gasteiger partial charge < -0.3 is 11.2 Å². The van der Waals surface area contributed by atoms with Gasteiger partial charge in [0.25, 0.3) is 0 Å². The van der Waals surface area contributed by atoms with Gasteiger partial charge in [-0.25, -0.2) is 4.68 Å². The Morgan fingerprint density at radius 3 is 2.85 bits per heavy atom. The van der Waals surface area contributed by atoms with Crippen molar-refractivity contribution in [1.82, 2.24) is 20.2 Å². The van der Waals surface area contributed by atoms with Crippen LogP contribution < -0.4 is 11.2 Å². The van der Waals surface area contributed by atoms with E-state index in [4.69, 9.17) is 5.84 Å². The maximum absolute atomic E-state index is 11.9. The number of carbonyl (C=O) groups is 1. The van der Waals surface area contributed by atoms with Crippen LogP contribution in [0.15, 0.2) is 5.16 Å². The maximum atomic E-state index is 11.9. The Morgan fingerprint density at radius 2 is 2.15 bits per heavy atom. The molecule has 2 rings (SSSR count). The third-order valence-corrected chi connectivity index (χ3v) is 4.45. The van der Waals surface area contributed by atoms with E-state index in [-0.39, 0.29) is 5.91 Å². The topological polar surface area (TPSA) is 85.8 Å². The third-order valence-electron chi connectivity index (χ3n) is 3.51. The molecule has 1 aliphatic carbocycles. The fraction of sp³-hybridized carbons (Fsp3) is 0.769. The summed E-state index contributed by atoms with van der Waals surface area (Å²) in [5.74, 6) is 7.07. The molecule has 1 aliphatic rings. The number of hydrogen-bond donors (Lipinski definition) is 2. The highest BCUT2D eigenvalue weighted by atomic mass is 32.2. The van der Waals surface area contributed by atoms with Crippen molar-refractivity contribution < 1.29 is 4.79 Å². The lowest BCUT2D eigenvalue weighted by atomic mass is 9.95. The van der Waals surface area contributed by atoms with Crippen LogP contribution in [0.25, 0.3) is 0 Å². The van der Waals surface area contributed by atoms with Crippen molar-refractivity contribution in [2.45, 2.75) is 63.1 Å². The zero-order valence-electron chi connectivity index (χ0n) is 12.0. The number of hydrogen-bond acceptors (Lipinski definition) is 5. The summed E-state index contributed by atoms with van der Waals surface area (Å²) in [5, 5.41) is 11.7. The third kappa shape index (κ3) is 4.13. The number of aromatic nitrogens is 3. The number of aryl methyl sites for hydroxylation is 1. The van der Waals surface area contributed by atoms with Crippen molar-refractivity contribution >= 4 is 17.7 Å². The van der Waals surface area contributed by atoms with E-state index in [1.54, 1.807) is 0 Å². The van der Waals surface area contributed by atoms with Crippen molar-refractivity contribution in [2.75, 3.05) is 11.6 Å². The van der Waals surface area contributed by atoms with Crippen molar-refractivity contribution in [3.63, 3.8) is 0 Å². The second kappa shape index (κ2) is 7.52. The molecule has 0 aliphatic heterocycles. The van der Waals surface area contributed by atoms with Crippen LogP contribution in [0, 0.1) is 0 Å². The highest BCUT2D eigenvalue weighted by molar-refractivity contribution is 7.99. The Kier molecular flexibility index (Phi) is 5.70. The molecular weight excluding hydrogens is 274 g/mol. The second-order valence-corrected chi connectivity index (χ2v) is 6.15. The van der Waals surface area contributed by atoms with Crippen molar-refractivity contribution in [1.29, 1.82) is 0 Å². The molecule has 1 fully saturated rings.